The maximum absolute atomic E-state index is 12.3. The summed E-state index contributed by atoms with van der Waals surface area (Å²) in [5, 5.41) is 3.50. The maximum Gasteiger partial charge on any atom is 0.223 e. The van der Waals surface area contributed by atoms with E-state index in [-0.39, 0.29) is 17.2 Å². The van der Waals surface area contributed by atoms with Gasteiger partial charge in [0.15, 0.2) is 5.78 Å². The lowest BCUT2D eigenvalue weighted by atomic mass is 9.76. The first-order valence-electron chi connectivity index (χ1n) is 8.75. The molecule has 124 valence electrons. The topological polar surface area (TPSA) is 54.9 Å². The zero-order chi connectivity index (χ0) is 16.7. The number of hydrogen-bond donors (Lipinski definition) is 1. The van der Waals surface area contributed by atoms with Gasteiger partial charge in [0.25, 0.3) is 0 Å². The number of anilines is 1. The van der Waals surface area contributed by atoms with E-state index in [2.05, 4.69) is 53.4 Å². The minimum Gasteiger partial charge on any atom is -0.347 e. The van der Waals surface area contributed by atoms with Gasteiger partial charge in [-0.05, 0) is 42.2 Å². The number of carbonyl (C=O) groups excluding carboxylic acids is 1. The van der Waals surface area contributed by atoms with E-state index in [1.54, 1.807) is 6.20 Å². The molecule has 1 aromatic heterocycles. The molecule has 2 aliphatic rings. The van der Waals surface area contributed by atoms with Gasteiger partial charge < -0.3 is 5.32 Å². The third kappa shape index (κ3) is 2.81. The van der Waals surface area contributed by atoms with E-state index in [4.69, 9.17) is 0 Å². The smallest absolute Gasteiger partial charge is 0.223 e. The second-order valence-corrected chi connectivity index (χ2v) is 7.78. The number of fused-ring (bicyclic) bond motifs is 2. The molecule has 1 heterocycles. The van der Waals surface area contributed by atoms with Crippen molar-refractivity contribution in [2.24, 2.45) is 5.41 Å². The number of nitrogens with one attached hydrogen (secondary N) is 1. The Morgan fingerprint density at radius 2 is 2.04 bits per heavy atom. The van der Waals surface area contributed by atoms with Crippen molar-refractivity contribution < 1.29 is 4.79 Å². The van der Waals surface area contributed by atoms with E-state index in [9.17, 15) is 4.79 Å². The maximum atomic E-state index is 12.3. The fourth-order valence-electron chi connectivity index (χ4n) is 3.96. The van der Waals surface area contributed by atoms with Crippen LogP contribution in [-0.4, -0.2) is 15.8 Å². The summed E-state index contributed by atoms with van der Waals surface area (Å²) in [7, 11) is 0. The molecule has 0 amide bonds. The Labute approximate surface area is 142 Å². The van der Waals surface area contributed by atoms with Crippen molar-refractivity contribution in [3.63, 3.8) is 0 Å². The number of nitrogens with zero attached hydrogens (tertiary/aromatic N) is 2. The Bertz CT molecular complexity index is 797. The van der Waals surface area contributed by atoms with Gasteiger partial charge in [-0.2, -0.15) is 0 Å². The molecule has 4 nitrogen and oxygen atoms in total. The van der Waals surface area contributed by atoms with Crippen LogP contribution in [0.1, 0.15) is 66.3 Å². The van der Waals surface area contributed by atoms with E-state index in [1.165, 1.54) is 17.5 Å². The Morgan fingerprint density at radius 3 is 2.92 bits per heavy atom. The molecule has 0 bridgehead atoms. The Kier molecular flexibility index (Phi) is 3.63. The predicted molar refractivity (Wildman–Crippen MR) is 94.2 cm³/mol. The van der Waals surface area contributed by atoms with E-state index in [0.717, 1.165) is 25.0 Å². The second kappa shape index (κ2) is 5.69. The van der Waals surface area contributed by atoms with Crippen molar-refractivity contribution in [1.29, 1.82) is 0 Å². The van der Waals surface area contributed by atoms with Gasteiger partial charge in [0.05, 0.1) is 17.3 Å². The fraction of sp³-hybridized carbons (Fsp3) is 0.450. The summed E-state index contributed by atoms with van der Waals surface area (Å²) < 4.78 is 0. The molecule has 24 heavy (non-hydrogen) atoms. The van der Waals surface area contributed by atoms with Gasteiger partial charge in [-0.25, -0.2) is 9.97 Å². The van der Waals surface area contributed by atoms with Crippen LogP contribution in [0.15, 0.2) is 30.5 Å². The standard InChI is InChI=1S/C20H23N3O/c1-20(2)10-17-15(18(24)11-20)12-21-19(23-17)22-16-9-5-7-13-6-3-4-8-14(13)16/h3-4,6,8,12,16H,5,7,9-11H2,1-2H3,(H,21,22,23)/t16-/m1/s1. The van der Waals surface area contributed by atoms with Crippen molar-refractivity contribution in [2.75, 3.05) is 5.32 Å². The van der Waals surface area contributed by atoms with Crippen molar-refractivity contribution in [3.05, 3.63) is 52.8 Å². The zero-order valence-electron chi connectivity index (χ0n) is 14.3. The fourth-order valence-corrected chi connectivity index (χ4v) is 3.96. The van der Waals surface area contributed by atoms with Crippen LogP contribution < -0.4 is 5.32 Å². The summed E-state index contributed by atoms with van der Waals surface area (Å²) in [6, 6.07) is 8.84. The van der Waals surface area contributed by atoms with Crippen LogP contribution in [0.2, 0.25) is 0 Å². The molecular weight excluding hydrogens is 298 g/mol. The molecule has 2 aliphatic carbocycles. The van der Waals surface area contributed by atoms with Gasteiger partial charge in [-0.15, -0.1) is 0 Å². The van der Waals surface area contributed by atoms with Gasteiger partial charge in [0.2, 0.25) is 5.95 Å². The van der Waals surface area contributed by atoms with Crippen molar-refractivity contribution >= 4 is 11.7 Å². The molecular formula is C20H23N3O. The van der Waals surface area contributed by atoms with Crippen LogP contribution in [-0.2, 0) is 12.8 Å². The van der Waals surface area contributed by atoms with Crippen LogP contribution in [0.25, 0.3) is 0 Å². The molecule has 1 atom stereocenters. The SMILES string of the molecule is CC1(C)CC(=O)c2cnc(N[C@@H]3CCCc4ccccc43)nc2C1. The number of aromatic nitrogens is 2. The second-order valence-electron chi connectivity index (χ2n) is 7.78. The summed E-state index contributed by atoms with van der Waals surface area (Å²) in [5.74, 6) is 0.803. The first kappa shape index (κ1) is 15.3. The summed E-state index contributed by atoms with van der Waals surface area (Å²) >= 11 is 0. The van der Waals surface area contributed by atoms with Crippen LogP contribution >= 0.6 is 0 Å². The number of Topliss-reactive ketones (excluding diaryl/α,β-unsaturated/α-hetero) is 1. The first-order chi connectivity index (χ1) is 11.5. The van der Waals surface area contributed by atoms with Crippen LogP contribution in [0, 0.1) is 5.41 Å². The first-order valence-corrected chi connectivity index (χ1v) is 8.75. The molecule has 0 unspecified atom stereocenters. The van der Waals surface area contributed by atoms with Crippen LogP contribution in [0.5, 0.6) is 0 Å². The lowest BCUT2D eigenvalue weighted by molar-refractivity contribution is 0.0910. The summed E-state index contributed by atoms with van der Waals surface area (Å²) in [5.41, 5.74) is 4.33. The third-order valence-electron chi connectivity index (χ3n) is 5.13. The molecule has 2 aromatic rings. The van der Waals surface area contributed by atoms with Gasteiger partial charge in [0, 0.05) is 12.6 Å². The Balaban J connectivity index is 1.62. The molecule has 0 saturated heterocycles. The molecule has 0 radical (unpaired) electrons. The minimum absolute atomic E-state index is 0.0207. The van der Waals surface area contributed by atoms with E-state index >= 15 is 0 Å². The Hall–Kier alpha value is -2.23. The number of aryl methyl sites for hydroxylation is 1. The molecule has 0 spiro atoms. The van der Waals surface area contributed by atoms with Gasteiger partial charge in [-0.1, -0.05) is 38.1 Å². The van der Waals surface area contributed by atoms with Crippen LogP contribution in [0.3, 0.4) is 0 Å². The number of hydrogen-bond acceptors (Lipinski definition) is 4. The highest BCUT2D eigenvalue weighted by Gasteiger charge is 2.32. The molecule has 0 saturated carbocycles. The van der Waals surface area contributed by atoms with Gasteiger partial charge in [-0.3, -0.25) is 4.79 Å². The zero-order valence-corrected chi connectivity index (χ0v) is 14.3. The van der Waals surface area contributed by atoms with Crippen molar-refractivity contribution in [2.45, 2.75) is 52.0 Å². The molecule has 1 aromatic carbocycles. The highest BCUT2D eigenvalue weighted by Crippen LogP contribution is 2.35. The molecule has 4 heteroatoms. The molecule has 4 rings (SSSR count). The quantitative estimate of drug-likeness (QED) is 0.904. The van der Waals surface area contributed by atoms with E-state index in [0.29, 0.717) is 17.9 Å². The normalized spacial score (nSPS) is 21.8. The third-order valence-corrected chi connectivity index (χ3v) is 5.13. The molecule has 0 aliphatic heterocycles. The minimum atomic E-state index is -0.0207. The Morgan fingerprint density at radius 1 is 1.21 bits per heavy atom. The summed E-state index contributed by atoms with van der Waals surface area (Å²) in [6.07, 6.45) is 6.50. The predicted octanol–water partition coefficient (Wildman–Crippen LogP) is 4.12. The average Bonchev–Trinajstić information content (AvgIpc) is 2.54. The summed E-state index contributed by atoms with van der Waals surface area (Å²) in [4.78, 5) is 21.4. The monoisotopic (exact) mass is 321 g/mol. The lowest BCUT2D eigenvalue weighted by Crippen LogP contribution is -2.28. The lowest BCUT2D eigenvalue weighted by Gasteiger charge is -2.30. The van der Waals surface area contributed by atoms with Crippen LogP contribution in [0.4, 0.5) is 5.95 Å². The number of carbonyl (C=O) groups is 1. The van der Waals surface area contributed by atoms with Gasteiger partial charge in [0.1, 0.15) is 0 Å². The van der Waals surface area contributed by atoms with E-state index < -0.39 is 0 Å². The highest BCUT2D eigenvalue weighted by atomic mass is 16.1. The highest BCUT2D eigenvalue weighted by molar-refractivity contribution is 5.98. The summed E-state index contributed by atoms with van der Waals surface area (Å²) in [6.45, 7) is 4.25. The van der Waals surface area contributed by atoms with Gasteiger partial charge >= 0.3 is 0 Å². The van der Waals surface area contributed by atoms with E-state index in [1.807, 2.05) is 0 Å². The number of benzene rings is 1. The van der Waals surface area contributed by atoms with Crippen molar-refractivity contribution in [1.82, 2.24) is 9.97 Å². The molecule has 1 N–H and O–H groups in total. The largest absolute Gasteiger partial charge is 0.347 e. The van der Waals surface area contributed by atoms with Crippen molar-refractivity contribution in [3.8, 4) is 0 Å². The number of rotatable bonds is 2. The number of ketones is 1. The molecule has 0 fully saturated rings. The average molecular weight is 321 g/mol.